The lowest BCUT2D eigenvalue weighted by molar-refractivity contribution is 0.561. The molecule has 0 radical (unpaired) electrons. The predicted molar refractivity (Wildman–Crippen MR) is 59.1 cm³/mol. The number of hydrogen-bond acceptors (Lipinski definition) is 4. The van der Waals surface area contributed by atoms with E-state index in [0.29, 0.717) is 5.58 Å². The van der Waals surface area contributed by atoms with Gasteiger partial charge < -0.3 is 9.84 Å². The van der Waals surface area contributed by atoms with Gasteiger partial charge in [-0.1, -0.05) is 12.1 Å². The molecule has 0 aliphatic rings. The van der Waals surface area contributed by atoms with E-state index in [0.717, 1.165) is 10.9 Å². The number of fused-ring (bicyclic) bond motifs is 1. The van der Waals surface area contributed by atoms with Crippen LogP contribution in [0.5, 0.6) is 0 Å². The molecule has 1 aromatic heterocycles. The first-order valence-corrected chi connectivity index (χ1v) is 4.53. The van der Waals surface area contributed by atoms with Crippen molar-refractivity contribution >= 4 is 17.2 Å². The lowest BCUT2D eigenvalue weighted by Gasteiger charge is -1.97. The third kappa shape index (κ3) is 2.04. The molecule has 2 rings (SSSR count). The minimum atomic E-state index is -0.342. The monoisotopic (exact) mass is 202 g/mol. The summed E-state index contributed by atoms with van der Waals surface area (Å²) in [5.41, 5.74) is 3.76. The first-order valence-electron chi connectivity index (χ1n) is 4.53. The van der Waals surface area contributed by atoms with Crippen molar-refractivity contribution in [2.24, 2.45) is 5.10 Å². The molecule has 2 aromatic rings. The summed E-state index contributed by atoms with van der Waals surface area (Å²) in [5, 5.41) is 4.78. The molecule has 4 nitrogen and oxygen atoms in total. The average Bonchev–Trinajstić information content (AvgIpc) is 2.25. The van der Waals surface area contributed by atoms with E-state index < -0.39 is 0 Å². The topological polar surface area (TPSA) is 54.6 Å². The van der Waals surface area contributed by atoms with E-state index >= 15 is 0 Å². The van der Waals surface area contributed by atoms with Crippen LogP contribution < -0.4 is 11.1 Å². The van der Waals surface area contributed by atoms with Crippen LogP contribution >= 0.6 is 0 Å². The molecule has 0 atom stereocenters. The van der Waals surface area contributed by atoms with E-state index in [1.807, 2.05) is 12.1 Å². The fourth-order valence-electron chi connectivity index (χ4n) is 1.30. The van der Waals surface area contributed by atoms with Gasteiger partial charge in [0.2, 0.25) is 0 Å². The van der Waals surface area contributed by atoms with Crippen LogP contribution in [0.4, 0.5) is 0 Å². The first kappa shape index (κ1) is 9.45. The van der Waals surface area contributed by atoms with Gasteiger partial charge in [0.25, 0.3) is 0 Å². The van der Waals surface area contributed by atoms with Gasteiger partial charge in [0, 0.05) is 18.5 Å². The quantitative estimate of drug-likeness (QED) is 0.454. The first-order chi connectivity index (χ1) is 7.29. The van der Waals surface area contributed by atoms with E-state index in [1.165, 1.54) is 6.07 Å². The Morgan fingerprint density at radius 3 is 2.93 bits per heavy atom. The molecule has 1 aromatic carbocycles. The second kappa shape index (κ2) is 3.96. The summed E-state index contributed by atoms with van der Waals surface area (Å²) in [6.45, 7) is 0. The Morgan fingerprint density at radius 2 is 2.13 bits per heavy atom. The van der Waals surface area contributed by atoms with Crippen LogP contribution in [0.3, 0.4) is 0 Å². The van der Waals surface area contributed by atoms with Gasteiger partial charge in [0.05, 0.1) is 6.21 Å². The number of hydrogen-bond donors (Lipinski definition) is 1. The molecule has 0 bridgehead atoms. The number of nitrogens with zero attached hydrogens (tertiary/aromatic N) is 1. The van der Waals surface area contributed by atoms with Crippen LogP contribution in [0.1, 0.15) is 5.56 Å². The molecule has 0 amide bonds. The van der Waals surface area contributed by atoms with Gasteiger partial charge in [-0.2, -0.15) is 5.10 Å². The minimum Gasteiger partial charge on any atom is -0.423 e. The molecule has 0 saturated heterocycles. The lowest BCUT2D eigenvalue weighted by Crippen LogP contribution is -1.96. The Hall–Kier alpha value is -2.10. The zero-order valence-corrected chi connectivity index (χ0v) is 8.23. The van der Waals surface area contributed by atoms with Crippen LogP contribution in [-0.2, 0) is 0 Å². The normalized spacial score (nSPS) is 11.0. The standard InChI is InChI=1S/C11H10N2O2/c1-12-13-7-8-2-3-9-4-5-11(14)15-10(9)6-8/h2-7,12H,1H3/b13-7+. The molecule has 0 saturated carbocycles. The number of hydrazone groups is 1. The molecule has 0 aliphatic heterocycles. The number of benzene rings is 1. The Bertz CT molecular complexity index is 558. The van der Waals surface area contributed by atoms with E-state index in [-0.39, 0.29) is 5.63 Å². The summed E-state index contributed by atoms with van der Waals surface area (Å²) < 4.78 is 5.04. The molecule has 0 fully saturated rings. The van der Waals surface area contributed by atoms with Crippen molar-refractivity contribution in [3.63, 3.8) is 0 Å². The second-order valence-corrected chi connectivity index (χ2v) is 3.03. The van der Waals surface area contributed by atoms with Gasteiger partial charge >= 0.3 is 5.63 Å². The van der Waals surface area contributed by atoms with E-state index in [2.05, 4.69) is 10.5 Å². The third-order valence-electron chi connectivity index (χ3n) is 1.99. The highest BCUT2D eigenvalue weighted by molar-refractivity contribution is 5.87. The Kier molecular flexibility index (Phi) is 2.49. The molecule has 1 heterocycles. The molecular formula is C11H10N2O2. The molecule has 76 valence electrons. The number of nitrogens with one attached hydrogen (secondary N) is 1. The molecule has 0 spiro atoms. The van der Waals surface area contributed by atoms with Crippen LogP contribution in [0.2, 0.25) is 0 Å². The average molecular weight is 202 g/mol. The highest BCUT2D eigenvalue weighted by Crippen LogP contribution is 2.12. The summed E-state index contributed by atoms with van der Waals surface area (Å²) in [6, 6.07) is 8.71. The summed E-state index contributed by atoms with van der Waals surface area (Å²) in [4.78, 5) is 11.0. The minimum absolute atomic E-state index is 0.342. The second-order valence-electron chi connectivity index (χ2n) is 3.03. The summed E-state index contributed by atoms with van der Waals surface area (Å²) >= 11 is 0. The summed E-state index contributed by atoms with van der Waals surface area (Å²) in [7, 11) is 1.72. The molecule has 4 heteroatoms. The van der Waals surface area contributed by atoms with Crippen molar-refractivity contribution < 1.29 is 4.42 Å². The largest absolute Gasteiger partial charge is 0.423 e. The SMILES string of the molecule is CN/N=C/c1ccc2ccc(=O)oc2c1. The van der Waals surface area contributed by atoms with E-state index in [4.69, 9.17) is 4.42 Å². The predicted octanol–water partition coefficient (Wildman–Crippen LogP) is 1.35. The van der Waals surface area contributed by atoms with Gasteiger partial charge in [-0.3, -0.25) is 0 Å². The van der Waals surface area contributed by atoms with Crippen molar-refractivity contribution in [1.82, 2.24) is 5.43 Å². The van der Waals surface area contributed by atoms with Crippen LogP contribution in [-0.4, -0.2) is 13.3 Å². The zero-order valence-electron chi connectivity index (χ0n) is 8.23. The molecular weight excluding hydrogens is 192 g/mol. The maximum absolute atomic E-state index is 11.0. The van der Waals surface area contributed by atoms with Crippen molar-refractivity contribution in [3.8, 4) is 0 Å². The smallest absolute Gasteiger partial charge is 0.336 e. The number of rotatable bonds is 2. The lowest BCUT2D eigenvalue weighted by atomic mass is 10.2. The van der Waals surface area contributed by atoms with Gasteiger partial charge in [-0.25, -0.2) is 4.79 Å². The van der Waals surface area contributed by atoms with Crippen LogP contribution in [0, 0.1) is 0 Å². The fourth-order valence-corrected chi connectivity index (χ4v) is 1.30. The molecule has 0 aliphatic carbocycles. The van der Waals surface area contributed by atoms with Gasteiger partial charge in [-0.15, -0.1) is 0 Å². The van der Waals surface area contributed by atoms with Gasteiger partial charge in [-0.05, 0) is 17.7 Å². The highest BCUT2D eigenvalue weighted by atomic mass is 16.4. The molecule has 15 heavy (non-hydrogen) atoms. The van der Waals surface area contributed by atoms with Gasteiger partial charge in [0.1, 0.15) is 5.58 Å². The zero-order chi connectivity index (χ0) is 10.7. The van der Waals surface area contributed by atoms with Crippen molar-refractivity contribution in [3.05, 3.63) is 46.3 Å². The van der Waals surface area contributed by atoms with Gasteiger partial charge in [0.15, 0.2) is 0 Å². The maximum atomic E-state index is 11.0. The molecule has 0 unspecified atom stereocenters. The summed E-state index contributed by atoms with van der Waals surface area (Å²) in [5.74, 6) is 0. The molecule has 1 N–H and O–H groups in total. The third-order valence-corrected chi connectivity index (χ3v) is 1.99. The summed E-state index contributed by atoms with van der Waals surface area (Å²) in [6.07, 6.45) is 1.66. The Labute approximate surface area is 86.2 Å². The highest BCUT2D eigenvalue weighted by Gasteiger charge is 1.97. The Morgan fingerprint density at radius 1 is 1.33 bits per heavy atom. The van der Waals surface area contributed by atoms with Crippen molar-refractivity contribution in [2.75, 3.05) is 7.05 Å². The van der Waals surface area contributed by atoms with E-state index in [1.54, 1.807) is 25.4 Å². The fraction of sp³-hybridized carbons (Fsp3) is 0.0909. The van der Waals surface area contributed by atoms with Crippen molar-refractivity contribution in [2.45, 2.75) is 0 Å². The van der Waals surface area contributed by atoms with E-state index in [9.17, 15) is 4.79 Å². The maximum Gasteiger partial charge on any atom is 0.336 e. The van der Waals surface area contributed by atoms with Crippen molar-refractivity contribution in [1.29, 1.82) is 0 Å². The van der Waals surface area contributed by atoms with Crippen LogP contribution in [0.25, 0.3) is 11.0 Å². The Balaban J connectivity index is 2.54. The van der Waals surface area contributed by atoms with Crippen LogP contribution in [0.15, 0.2) is 44.6 Å².